The Morgan fingerprint density at radius 2 is 2.42 bits per heavy atom. The molecule has 0 bridgehead atoms. The van der Waals surface area contributed by atoms with Gasteiger partial charge < -0.3 is 9.47 Å². The minimum atomic E-state index is -0.0377. The van der Waals surface area contributed by atoms with E-state index in [2.05, 4.69) is 28.9 Å². The SMILES string of the molecule is COc1sc(C2(C)CO2)cc1Br. The molecule has 66 valence electrons. The van der Waals surface area contributed by atoms with Gasteiger partial charge in [-0.05, 0) is 28.9 Å². The summed E-state index contributed by atoms with van der Waals surface area (Å²) >= 11 is 5.06. The molecule has 0 radical (unpaired) electrons. The van der Waals surface area contributed by atoms with Gasteiger partial charge >= 0.3 is 0 Å². The summed E-state index contributed by atoms with van der Waals surface area (Å²) in [6.07, 6.45) is 0. The molecule has 0 N–H and O–H groups in total. The van der Waals surface area contributed by atoms with Crippen LogP contribution in [0.4, 0.5) is 0 Å². The van der Waals surface area contributed by atoms with Crippen LogP contribution in [0.2, 0.25) is 0 Å². The van der Waals surface area contributed by atoms with Crippen LogP contribution in [-0.2, 0) is 10.3 Å². The Morgan fingerprint density at radius 1 is 1.75 bits per heavy atom. The zero-order valence-electron chi connectivity index (χ0n) is 6.89. The molecule has 0 spiro atoms. The highest BCUT2D eigenvalue weighted by molar-refractivity contribution is 9.10. The van der Waals surface area contributed by atoms with Crippen molar-refractivity contribution in [3.63, 3.8) is 0 Å². The van der Waals surface area contributed by atoms with Crippen molar-refractivity contribution in [1.82, 2.24) is 0 Å². The Hall–Kier alpha value is -0.0600. The summed E-state index contributed by atoms with van der Waals surface area (Å²) in [5, 5.41) is 0.918. The summed E-state index contributed by atoms with van der Waals surface area (Å²) in [6, 6.07) is 2.07. The van der Waals surface area contributed by atoms with E-state index in [1.165, 1.54) is 4.88 Å². The third-order valence-electron chi connectivity index (χ3n) is 1.94. The third kappa shape index (κ3) is 1.28. The summed E-state index contributed by atoms with van der Waals surface area (Å²) in [5.74, 6) is 0. The number of thiophene rings is 1. The van der Waals surface area contributed by atoms with Crippen LogP contribution in [0, 0.1) is 0 Å². The van der Waals surface area contributed by atoms with Crippen molar-refractivity contribution < 1.29 is 9.47 Å². The van der Waals surface area contributed by atoms with Gasteiger partial charge in [-0.15, -0.1) is 0 Å². The first-order valence-electron chi connectivity index (χ1n) is 3.63. The number of methoxy groups -OCH3 is 1. The van der Waals surface area contributed by atoms with E-state index in [9.17, 15) is 0 Å². The average Bonchev–Trinajstić information content (AvgIpc) is 2.65. The van der Waals surface area contributed by atoms with Crippen LogP contribution in [0.3, 0.4) is 0 Å². The summed E-state index contributed by atoms with van der Waals surface area (Å²) in [7, 11) is 1.68. The van der Waals surface area contributed by atoms with E-state index >= 15 is 0 Å². The van der Waals surface area contributed by atoms with Crippen molar-refractivity contribution >= 4 is 27.3 Å². The highest BCUT2D eigenvalue weighted by Crippen LogP contribution is 2.46. The van der Waals surface area contributed by atoms with Crippen LogP contribution in [0.15, 0.2) is 10.5 Å². The predicted molar refractivity (Wildman–Crippen MR) is 51.9 cm³/mol. The van der Waals surface area contributed by atoms with Gasteiger partial charge in [0.1, 0.15) is 5.60 Å². The number of hydrogen-bond donors (Lipinski definition) is 0. The smallest absolute Gasteiger partial charge is 0.188 e. The standard InChI is InChI=1S/C8H9BrO2S/c1-8(4-11-8)6-3-5(9)7(10-2)12-6/h3H,4H2,1-2H3. The van der Waals surface area contributed by atoms with Gasteiger partial charge in [0.25, 0.3) is 0 Å². The van der Waals surface area contributed by atoms with Crippen molar-refractivity contribution in [2.75, 3.05) is 13.7 Å². The zero-order chi connectivity index (χ0) is 8.77. The van der Waals surface area contributed by atoms with Crippen molar-refractivity contribution in [2.45, 2.75) is 12.5 Å². The fraction of sp³-hybridized carbons (Fsp3) is 0.500. The monoisotopic (exact) mass is 248 g/mol. The Kier molecular flexibility index (Phi) is 1.93. The fourth-order valence-corrected chi connectivity index (χ4v) is 2.74. The molecule has 2 heterocycles. The first-order valence-corrected chi connectivity index (χ1v) is 5.24. The minimum absolute atomic E-state index is 0.0377. The van der Waals surface area contributed by atoms with Crippen LogP contribution < -0.4 is 4.74 Å². The Labute approximate surface area is 83.6 Å². The van der Waals surface area contributed by atoms with Crippen LogP contribution in [0.5, 0.6) is 5.06 Å². The molecule has 0 aromatic carbocycles. The quantitative estimate of drug-likeness (QED) is 0.752. The van der Waals surface area contributed by atoms with Gasteiger partial charge in [0.2, 0.25) is 0 Å². The molecule has 1 saturated heterocycles. The highest BCUT2D eigenvalue weighted by Gasteiger charge is 2.43. The lowest BCUT2D eigenvalue weighted by molar-refractivity contribution is 0.333. The van der Waals surface area contributed by atoms with Gasteiger partial charge in [-0.2, -0.15) is 0 Å². The average molecular weight is 249 g/mol. The van der Waals surface area contributed by atoms with Crippen LogP contribution >= 0.6 is 27.3 Å². The second kappa shape index (κ2) is 2.72. The van der Waals surface area contributed by atoms with Crippen LogP contribution in [-0.4, -0.2) is 13.7 Å². The maximum absolute atomic E-state index is 5.33. The molecule has 1 fully saturated rings. The van der Waals surface area contributed by atoms with Crippen molar-refractivity contribution in [2.24, 2.45) is 0 Å². The highest BCUT2D eigenvalue weighted by atomic mass is 79.9. The molecule has 2 rings (SSSR count). The number of ether oxygens (including phenoxy) is 2. The lowest BCUT2D eigenvalue weighted by Gasteiger charge is -1.97. The van der Waals surface area contributed by atoms with E-state index in [-0.39, 0.29) is 5.60 Å². The van der Waals surface area contributed by atoms with E-state index in [1.54, 1.807) is 18.4 Å². The largest absolute Gasteiger partial charge is 0.486 e. The second-order valence-corrected chi connectivity index (χ2v) is 4.84. The topological polar surface area (TPSA) is 21.8 Å². The Balaban J connectivity index is 2.34. The maximum atomic E-state index is 5.33. The lowest BCUT2D eigenvalue weighted by atomic mass is 10.2. The lowest BCUT2D eigenvalue weighted by Crippen LogP contribution is -1.96. The number of halogens is 1. The van der Waals surface area contributed by atoms with E-state index in [0.29, 0.717) is 0 Å². The fourth-order valence-electron chi connectivity index (χ4n) is 1.00. The van der Waals surface area contributed by atoms with Crippen LogP contribution in [0.1, 0.15) is 11.8 Å². The van der Waals surface area contributed by atoms with E-state index in [1.807, 2.05) is 0 Å². The Bertz CT molecular complexity index is 304. The molecule has 1 atom stereocenters. The normalized spacial score (nSPS) is 27.2. The van der Waals surface area contributed by atoms with E-state index < -0.39 is 0 Å². The predicted octanol–water partition coefficient (Wildman–Crippen LogP) is 2.76. The molecular weight excluding hydrogens is 240 g/mol. The third-order valence-corrected chi connectivity index (χ3v) is 4.13. The van der Waals surface area contributed by atoms with Crippen molar-refractivity contribution in [3.05, 3.63) is 15.4 Å². The molecule has 1 aromatic heterocycles. The molecule has 1 aromatic rings. The van der Waals surface area contributed by atoms with Gasteiger partial charge in [-0.1, -0.05) is 11.3 Å². The van der Waals surface area contributed by atoms with Gasteiger partial charge in [-0.25, -0.2) is 0 Å². The molecular formula is C8H9BrO2S. The molecule has 0 saturated carbocycles. The van der Waals surface area contributed by atoms with Gasteiger partial charge in [0.15, 0.2) is 5.06 Å². The summed E-state index contributed by atoms with van der Waals surface area (Å²) in [4.78, 5) is 1.23. The number of rotatable bonds is 2. The second-order valence-electron chi connectivity index (χ2n) is 2.97. The molecule has 12 heavy (non-hydrogen) atoms. The molecule has 1 unspecified atom stereocenters. The molecule has 1 aliphatic rings. The number of hydrogen-bond acceptors (Lipinski definition) is 3. The van der Waals surface area contributed by atoms with Crippen molar-refractivity contribution in [3.8, 4) is 5.06 Å². The van der Waals surface area contributed by atoms with Gasteiger partial charge in [0, 0.05) is 4.88 Å². The van der Waals surface area contributed by atoms with E-state index in [4.69, 9.17) is 9.47 Å². The molecule has 0 amide bonds. The first-order chi connectivity index (χ1) is 5.65. The van der Waals surface area contributed by atoms with Gasteiger partial charge in [-0.3, -0.25) is 0 Å². The molecule has 4 heteroatoms. The Morgan fingerprint density at radius 3 is 2.83 bits per heavy atom. The number of epoxide rings is 1. The molecule has 0 aliphatic carbocycles. The van der Waals surface area contributed by atoms with Crippen molar-refractivity contribution in [1.29, 1.82) is 0 Å². The minimum Gasteiger partial charge on any atom is -0.486 e. The van der Waals surface area contributed by atoms with Gasteiger partial charge in [0.05, 0.1) is 18.2 Å². The zero-order valence-corrected chi connectivity index (χ0v) is 9.29. The molecule has 2 nitrogen and oxygen atoms in total. The maximum Gasteiger partial charge on any atom is 0.188 e. The first kappa shape index (κ1) is 8.53. The van der Waals surface area contributed by atoms with Crippen LogP contribution in [0.25, 0.3) is 0 Å². The summed E-state index contributed by atoms with van der Waals surface area (Å²) < 4.78 is 11.5. The summed E-state index contributed by atoms with van der Waals surface area (Å²) in [6.45, 7) is 2.91. The summed E-state index contributed by atoms with van der Waals surface area (Å²) in [5.41, 5.74) is -0.0377. The van der Waals surface area contributed by atoms with E-state index in [0.717, 1.165) is 16.1 Å². The molecule has 1 aliphatic heterocycles.